The first kappa shape index (κ1) is 13.6. The normalized spacial score (nSPS) is 12.2. The molecular formula is C12H20N2O3. The van der Waals surface area contributed by atoms with E-state index in [1.165, 1.54) is 20.3 Å². The van der Waals surface area contributed by atoms with Crippen molar-refractivity contribution in [2.24, 2.45) is 11.5 Å². The maximum absolute atomic E-state index is 9.93. The van der Waals surface area contributed by atoms with Crippen LogP contribution in [-0.2, 0) is 0 Å². The van der Waals surface area contributed by atoms with Crippen molar-refractivity contribution in [1.82, 2.24) is 0 Å². The minimum absolute atomic E-state index is 0.0886. The van der Waals surface area contributed by atoms with Gasteiger partial charge in [-0.1, -0.05) is 0 Å². The van der Waals surface area contributed by atoms with Gasteiger partial charge in [0.05, 0.1) is 19.8 Å². The molecule has 1 rings (SSSR count). The molecule has 5 nitrogen and oxygen atoms in total. The monoisotopic (exact) mass is 240 g/mol. The van der Waals surface area contributed by atoms with Gasteiger partial charge in [0.2, 0.25) is 0 Å². The first-order valence-corrected chi connectivity index (χ1v) is 5.54. The quantitative estimate of drug-likeness (QED) is 0.693. The van der Waals surface area contributed by atoms with Crippen LogP contribution in [0.1, 0.15) is 24.4 Å². The summed E-state index contributed by atoms with van der Waals surface area (Å²) in [5.41, 5.74) is 12.1. The van der Waals surface area contributed by atoms with E-state index >= 15 is 0 Å². The molecule has 5 heteroatoms. The average molecular weight is 240 g/mol. The number of ether oxygens (including phenoxy) is 2. The van der Waals surface area contributed by atoms with Crippen molar-refractivity contribution in [3.05, 3.63) is 17.7 Å². The molecule has 0 radical (unpaired) electrons. The third-order valence-electron chi connectivity index (χ3n) is 2.64. The Morgan fingerprint density at radius 2 is 2.00 bits per heavy atom. The molecule has 0 fully saturated rings. The molecule has 17 heavy (non-hydrogen) atoms. The summed E-state index contributed by atoms with van der Waals surface area (Å²) in [4.78, 5) is 0. The molecule has 0 bridgehead atoms. The lowest BCUT2D eigenvalue weighted by molar-refractivity contribution is 0.373. The second kappa shape index (κ2) is 6.32. The van der Waals surface area contributed by atoms with Crippen LogP contribution in [0.2, 0.25) is 0 Å². The summed E-state index contributed by atoms with van der Waals surface area (Å²) in [5, 5.41) is 9.93. The fraction of sp³-hybridized carbons (Fsp3) is 0.500. The largest absolute Gasteiger partial charge is 0.507 e. The molecule has 0 unspecified atom stereocenters. The summed E-state index contributed by atoms with van der Waals surface area (Å²) >= 11 is 0. The van der Waals surface area contributed by atoms with E-state index in [2.05, 4.69) is 0 Å². The van der Waals surface area contributed by atoms with Gasteiger partial charge in [-0.25, -0.2) is 0 Å². The summed E-state index contributed by atoms with van der Waals surface area (Å²) in [6, 6.07) is 2.94. The minimum Gasteiger partial charge on any atom is -0.507 e. The number of phenolic OH excluding ortho intramolecular Hbond substituents is 1. The van der Waals surface area contributed by atoms with Crippen molar-refractivity contribution < 1.29 is 14.6 Å². The average Bonchev–Trinajstić information content (AvgIpc) is 2.34. The van der Waals surface area contributed by atoms with Gasteiger partial charge < -0.3 is 26.0 Å². The molecular weight excluding hydrogens is 220 g/mol. The van der Waals surface area contributed by atoms with E-state index in [4.69, 9.17) is 20.9 Å². The Morgan fingerprint density at radius 3 is 2.53 bits per heavy atom. The van der Waals surface area contributed by atoms with E-state index in [0.717, 1.165) is 6.42 Å². The number of rotatable bonds is 6. The Bertz CT molecular complexity index is 369. The van der Waals surface area contributed by atoms with E-state index in [1.54, 1.807) is 6.07 Å². The van der Waals surface area contributed by atoms with Crippen molar-refractivity contribution in [3.63, 3.8) is 0 Å². The fourth-order valence-electron chi connectivity index (χ4n) is 1.73. The molecule has 0 spiro atoms. The number of nitrogens with two attached hydrogens (primary N) is 2. The second-order valence-corrected chi connectivity index (χ2v) is 3.80. The van der Waals surface area contributed by atoms with Crippen LogP contribution in [0.25, 0.3) is 0 Å². The van der Waals surface area contributed by atoms with Gasteiger partial charge in [-0.2, -0.15) is 0 Å². The van der Waals surface area contributed by atoms with Gasteiger partial charge in [0.25, 0.3) is 0 Å². The third kappa shape index (κ3) is 3.25. The first-order valence-electron chi connectivity index (χ1n) is 5.54. The zero-order chi connectivity index (χ0) is 12.8. The number of methoxy groups -OCH3 is 2. The number of aromatic hydroxyl groups is 1. The van der Waals surface area contributed by atoms with Crippen molar-refractivity contribution in [1.29, 1.82) is 0 Å². The highest BCUT2D eigenvalue weighted by molar-refractivity contribution is 5.51. The number of hydrogen-bond donors (Lipinski definition) is 3. The Morgan fingerprint density at radius 1 is 1.29 bits per heavy atom. The molecule has 0 aliphatic carbocycles. The van der Waals surface area contributed by atoms with Crippen LogP contribution >= 0.6 is 0 Å². The van der Waals surface area contributed by atoms with E-state index in [-0.39, 0.29) is 11.8 Å². The van der Waals surface area contributed by atoms with Gasteiger partial charge in [0, 0.05) is 18.2 Å². The van der Waals surface area contributed by atoms with E-state index in [0.29, 0.717) is 30.0 Å². The second-order valence-electron chi connectivity index (χ2n) is 3.80. The highest BCUT2D eigenvalue weighted by atomic mass is 16.5. The summed E-state index contributed by atoms with van der Waals surface area (Å²) < 4.78 is 10.3. The van der Waals surface area contributed by atoms with Crippen LogP contribution in [0.5, 0.6) is 17.2 Å². The van der Waals surface area contributed by atoms with E-state index in [1.807, 2.05) is 0 Å². The molecule has 96 valence electrons. The van der Waals surface area contributed by atoms with E-state index in [9.17, 15) is 5.11 Å². The van der Waals surface area contributed by atoms with Crippen LogP contribution in [0.15, 0.2) is 12.1 Å². The van der Waals surface area contributed by atoms with Gasteiger partial charge >= 0.3 is 0 Å². The van der Waals surface area contributed by atoms with Crippen LogP contribution < -0.4 is 20.9 Å². The standard InChI is InChI=1S/C12H20N2O3/c1-16-8-6-10(15)12(11(7-8)17-2)9(14)4-3-5-13/h6-7,9,15H,3-5,13-14H2,1-2H3/t9-/m0/s1. The van der Waals surface area contributed by atoms with Crippen molar-refractivity contribution in [3.8, 4) is 17.2 Å². The zero-order valence-electron chi connectivity index (χ0n) is 10.3. The Labute approximate surface area is 101 Å². The molecule has 0 amide bonds. The Kier molecular flexibility index (Phi) is 5.06. The topological polar surface area (TPSA) is 90.7 Å². The van der Waals surface area contributed by atoms with Crippen LogP contribution in [0.4, 0.5) is 0 Å². The highest BCUT2D eigenvalue weighted by Gasteiger charge is 2.18. The Balaban J connectivity index is 3.04. The lowest BCUT2D eigenvalue weighted by atomic mass is 10.0. The predicted molar refractivity (Wildman–Crippen MR) is 66.4 cm³/mol. The summed E-state index contributed by atoms with van der Waals surface area (Å²) in [6.07, 6.45) is 1.50. The first-order chi connectivity index (χ1) is 8.13. The molecule has 5 N–H and O–H groups in total. The fourth-order valence-corrected chi connectivity index (χ4v) is 1.73. The minimum atomic E-state index is -0.292. The highest BCUT2D eigenvalue weighted by Crippen LogP contribution is 2.37. The zero-order valence-corrected chi connectivity index (χ0v) is 10.3. The molecule has 0 saturated heterocycles. The summed E-state index contributed by atoms with van der Waals surface area (Å²) in [6.45, 7) is 0.576. The maximum Gasteiger partial charge on any atom is 0.131 e. The predicted octanol–water partition coefficient (Wildman–Crippen LogP) is 1.15. The lowest BCUT2D eigenvalue weighted by Gasteiger charge is -2.18. The van der Waals surface area contributed by atoms with Crippen LogP contribution in [0.3, 0.4) is 0 Å². The smallest absolute Gasteiger partial charge is 0.131 e. The van der Waals surface area contributed by atoms with Crippen molar-refractivity contribution >= 4 is 0 Å². The summed E-state index contributed by atoms with van der Waals surface area (Å²) in [5.74, 6) is 1.16. The lowest BCUT2D eigenvalue weighted by Crippen LogP contribution is -2.14. The number of benzene rings is 1. The van der Waals surface area contributed by atoms with Gasteiger partial charge in [-0.3, -0.25) is 0 Å². The molecule has 0 aliphatic heterocycles. The van der Waals surface area contributed by atoms with E-state index < -0.39 is 0 Å². The number of phenols is 1. The molecule has 1 aromatic rings. The molecule has 0 aliphatic rings. The maximum atomic E-state index is 9.93. The van der Waals surface area contributed by atoms with Crippen molar-refractivity contribution in [2.45, 2.75) is 18.9 Å². The van der Waals surface area contributed by atoms with Gasteiger partial charge in [0.1, 0.15) is 17.2 Å². The van der Waals surface area contributed by atoms with Gasteiger partial charge in [0.15, 0.2) is 0 Å². The molecule has 0 aromatic heterocycles. The molecule has 1 atom stereocenters. The summed E-state index contributed by atoms with van der Waals surface area (Å²) in [7, 11) is 3.07. The van der Waals surface area contributed by atoms with Gasteiger partial charge in [-0.15, -0.1) is 0 Å². The Hall–Kier alpha value is -1.46. The SMILES string of the molecule is COc1cc(O)c([C@@H](N)CCCN)c(OC)c1. The van der Waals surface area contributed by atoms with Gasteiger partial charge in [-0.05, 0) is 19.4 Å². The van der Waals surface area contributed by atoms with Crippen molar-refractivity contribution in [2.75, 3.05) is 20.8 Å². The third-order valence-corrected chi connectivity index (χ3v) is 2.64. The molecule has 1 aromatic carbocycles. The van der Waals surface area contributed by atoms with Crippen LogP contribution in [0, 0.1) is 0 Å². The molecule has 0 heterocycles. The number of hydrogen-bond acceptors (Lipinski definition) is 5. The van der Waals surface area contributed by atoms with Crippen LogP contribution in [-0.4, -0.2) is 25.9 Å². The molecule has 0 saturated carbocycles.